The van der Waals surface area contributed by atoms with Crippen LogP contribution in [0.5, 0.6) is 0 Å². The topological polar surface area (TPSA) is 23.8 Å². The van der Waals surface area contributed by atoms with E-state index in [0.29, 0.717) is 11.2 Å². The molecule has 0 N–H and O–H groups in total. The fourth-order valence-corrected chi connectivity index (χ4v) is 3.89. The fraction of sp³-hybridized carbons (Fsp3) is 0.923. The molecule has 1 aliphatic rings. The lowest BCUT2D eigenvalue weighted by Gasteiger charge is -2.31. The second-order valence-electron chi connectivity index (χ2n) is 4.59. The molecule has 0 aliphatic heterocycles. The molecule has 3 atom stereocenters. The van der Waals surface area contributed by atoms with Gasteiger partial charge in [-0.2, -0.15) is 17.0 Å². The molecular weight excluding hydrogens is 202 g/mol. The van der Waals surface area contributed by atoms with Crippen LogP contribution in [-0.4, -0.2) is 11.0 Å². The third kappa shape index (κ3) is 4.07. The zero-order chi connectivity index (χ0) is 11.1. The molecule has 15 heavy (non-hydrogen) atoms. The first-order valence-corrected chi connectivity index (χ1v) is 7.37. The number of hydrogen-bond donors (Lipinski definition) is 0. The van der Waals surface area contributed by atoms with Gasteiger partial charge in [-0.25, -0.2) is 0 Å². The number of unbranched alkanes of at least 4 members (excludes halogenated alkanes) is 1. The zero-order valence-electron chi connectivity index (χ0n) is 10.0. The molecule has 0 spiro atoms. The van der Waals surface area contributed by atoms with Crippen LogP contribution in [0.4, 0.5) is 0 Å². The van der Waals surface area contributed by atoms with Crippen molar-refractivity contribution in [1.29, 1.82) is 5.26 Å². The van der Waals surface area contributed by atoms with Crippen LogP contribution in [0.1, 0.15) is 52.4 Å². The van der Waals surface area contributed by atoms with Crippen LogP contribution in [0.2, 0.25) is 0 Å². The Morgan fingerprint density at radius 1 is 1.33 bits per heavy atom. The molecule has 0 aromatic rings. The van der Waals surface area contributed by atoms with E-state index < -0.39 is 0 Å². The molecule has 0 bridgehead atoms. The highest BCUT2D eigenvalue weighted by Crippen LogP contribution is 2.37. The van der Waals surface area contributed by atoms with Gasteiger partial charge in [0.2, 0.25) is 0 Å². The highest BCUT2D eigenvalue weighted by molar-refractivity contribution is 7.99. The van der Waals surface area contributed by atoms with Gasteiger partial charge >= 0.3 is 0 Å². The van der Waals surface area contributed by atoms with Crippen LogP contribution >= 0.6 is 11.8 Å². The second-order valence-corrected chi connectivity index (χ2v) is 5.93. The molecule has 0 amide bonds. The number of hydrogen-bond acceptors (Lipinski definition) is 2. The van der Waals surface area contributed by atoms with Gasteiger partial charge in [0, 0.05) is 5.25 Å². The molecule has 1 nitrogen and oxygen atoms in total. The number of nitrogens with zero attached hydrogens (tertiary/aromatic N) is 1. The second kappa shape index (κ2) is 7.17. The smallest absolute Gasteiger partial charge is 0.0667 e. The molecular formula is C13H23NS. The summed E-state index contributed by atoms with van der Waals surface area (Å²) in [7, 11) is 0. The van der Waals surface area contributed by atoms with Crippen molar-refractivity contribution in [2.24, 2.45) is 11.8 Å². The maximum absolute atomic E-state index is 9.11. The molecule has 0 heterocycles. The highest BCUT2D eigenvalue weighted by atomic mass is 32.2. The van der Waals surface area contributed by atoms with Crippen molar-refractivity contribution in [1.82, 2.24) is 0 Å². The van der Waals surface area contributed by atoms with Crippen LogP contribution in [0.25, 0.3) is 0 Å². The minimum absolute atomic E-state index is 0.328. The van der Waals surface area contributed by atoms with E-state index >= 15 is 0 Å². The Kier molecular flexibility index (Phi) is 6.17. The summed E-state index contributed by atoms with van der Waals surface area (Å²) in [6.07, 6.45) is 7.56. The van der Waals surface area contributed by atoms with Crippen molar-refractivity contribution in [2.45, 2.75) is 57.6 Å². The Labute approximate surface area is 98.6 Å². The maximum Gasteiger partial charge on any atom is 0.0667 e. The quantitative estimate of drug-likeness (QED) is 0.653. The van der Waals surface area contributed by atoms with Crippen LogP contribution in [0.15, 0.2) is 0 Å². The van der Waals surface area contributed by atoms with E-state index in [9.17, 15) is 0 Å². The zero-order valence-corrected chi connectivity index (χ0v) is 10.9. The first kappa shape index (κ1) is 12.9. The Morgan fingerprint density at radius 2 is 2.13 bits per heavy atom. The van der Waals surface area contributed by atoms with Gasteiger partial charge in [-0.05, 0) is 37.4 Å². The van der Waals surface area contributed by atoms with E-state index in [2.05, 4.69) is 31.7 Å². The van der Waals surface area contributed by atoms with Gasteiger partial charge in [0.05, 0.1) is 12.0 Å². The van der Waals surface area contributed by atoms with Crippen LogP contribution in [-0.2, 0) is 0 Å². The maximum atomic E-state index is 9.11. The van der Waals surface area contributed by atoms with Gasteiger partial charge in [0.25, 0.3) is 0 Å². The van der Waals surface area contributed by atoms with Crippen molar-refractivity contribution >= 4 is 11.8 Å². The molecule has 1 saturated carbocycles. The highest BCUT2D eigenvalue weighted by Gasteiger charge is 2.29. The lowest BCUT2D eigenvalue weighted by molar-refractivity contribution is 0.317. The summed E-state index contributed by atoms with van der Waals surface area (Å²) in [5.41, 5.74) is 0. The molecule has 3 unspecified atom stereocenters. The average molecular weight is 225 g/mol. The number of rotatable bonds is 5. The summed E-state index contributed by atoms with van der Waals surface area (Å²) in [6, 6.07) is 2.50. The summed E-state index contributed by atoms with van der Waals surface area (Å²) in [6.45, 7) is 4.52. The van der Waals surface area contributed by atoms with E-state index in [-0.39, 0.29) is 0 Å². The SMILES string of the molecule is CCCCSC1CC(CC)CCC1C#N. The molecule has 0 saturated heterocycles. The minimum atomic E-state index is 0.328. The molecule has 1 fully saturated rings. The Balaban J connectivity index is 2.38. The largest absolute Gasteiger partial charge is 0.198 e. The van der Waals surface area contributed by atoms with E-state index in [4.69, 9.17) is 5.26 Å². The van der Waals surface area contributed by atoms with Crippen LogP contribution in [0, 0.1) is 23.2 Å². The van der Waals surface area contributed by atoms with E-state index in [1.165, 1.54) is 37.9 Å². The average Bonchev–Trinajstić information content (AvgIpc) is 2.29. The summed E-state index contributed by atoms with van der Waals surface area (Å²) >= 11 is 2.05. The molecule has 0 aromatic carbocycles. The summed E-state index contributed by atoms with van der Waals surface area (Å²) in [4.78, 5) is 0. The van der Waals surface area contributed by atoms with Gasteiger partial charge in [0.1, 0.15) is 0 Å². The standard InChI is InChI=1S/C13H23NS/c1-3-5-8-15-13-9-11(4-2)6-7-12(13)10-14/h11-13H,3-9H2,1-2H3. The van der Waals surface area contributed by atoms with Crippen LogP contribution in [0.3, 0.4) is 0 Å². The Morgan fingerprint density at radius 3 is 2.73 bits per heavy atom. The predicted molar refractivity (Wildman–Crippen MR) is 67.9 cm³/mol. The molecule has 86 valence electrons. The lowest BCUT2D eigenvalue weighted by Crippen LogP contribution is -2.26. The normalized spacial score (nSPS) is 31.1. The van der Waals surface area contributed by atoms with Crippen molar-refractivity contribution in [2.75, 3.05) is 5.75 Å². The van der Waals surface area contributed by atoms with E-state index in [0.717, 1.165) is 12.3 Å². The van der Waals surface area contributed by atoms with E-state index in [1.807, 2.05) is 0 Å². The van der Waals surface area contributed by atoms with Gasteiger partial charge < -0.3 is 0 Å². The van der Waals surface area contributed by atoms with Crippen LogP contribution < -0.4 is 0 Å². The molecule has 1 rings (SSSR count). The number of thioether (sulfide) groups is 1. The monoisotopic (exact) mass is 225 g/mol. The number of nitriles is 1. The van der Waals surface area contributed by atoms with Gasteiger partial charge in [0.15, 0.2) is 0 Å². The van der Waals surface area contributed by atoms with Crippen molar-refractivity contribution in [3.8, 4) is 6.07 Å². The Hall–Kier alpha value is -0.160. The minimum Gasteiger partial charge on any atom is -0.198 e. The molecule has 1 aliphatic carbocycles. The molecule has 0 radical (unpaired) electrons. The third-order valence-electron chi connectivity index (χ3n) is 3.47. The predicted octanol–water partition coefficient (Wildman–Crippen LogP) is 4.24. The lowest BCUT2D eigenvalue weighted by atomic mass is 9.81. The summed E-state index contributed by atoms with van der Waals surface area (Å²) < 4.78 is 0. The van der Waals surface area contributed by atoms with Crippen molar-refractivity contribution in [3.63, 3.8) is 0 Å². The summed E-state index contributed by atoms with van der Waals surface area (Å²) in [5, 5.41) is 9.74. The molecule has 0 aromatic heterocycles. The summed E-state index contributed by atoms with van der Waals surface area (Å²) in [5.74, 6) is 2.46. The van der Waals surface area contributed by atoms with Crippen molar-refractivity contribution < 1.29 is 0 Å². The van der Waals surface area contributed by atoms with Gasteiger partial charge in [-0.1, -0.05) is 26.7 Å². The van der Waals surface area contributed by atoms with Gasteiger partial charge in [-0.3, -0.25) is 0 Å². The third-order valence-corrected chi connectivity index (χ3v) is 4.95. The Bertz CT molecular complexity index is 209. The van der Waals surface area contributed by atoms with Gasteiger partial charge in [-0.15, -0.1) is 0 Å². The van der Waals surface area contributed by atoms with E-state index in [1.54, 1.807) is 0 Å². The first-order chi connectivity index (χ1) is 7.31. The first-order valence-electron chi connectivity index (χ1n) is 6.33. The fourth-order valence-electron chi connectivity index (χ4n) is 2.29. The van der Waals surface area contributed by atoms with Crippen molar-refractivity contribution in [3.05, 3.63) is 0 Å². The molecule has 2 heteroatoms.